The van der Waals surface area contributed by atoms with Crippen LogP contribution < -0.4 is 0 Å². The van der Waals surface area contributed by atoms with E-state index in [2.05, 4.69) is 35.9 Å². The van der Waals surface area contributed by atoms with Crippen LogP contribution in [0.1, 0.15) is 34.6 Å². The van der Waals surface area contributed by atoms with E-state index in [-0.39, 0.29) is 0 Å². The fourth-order valence-corrected chi connectivity index (χ4v) is 3.83. The van der Waals surface area contributed by atoms with E-state index in [1.165, 1.54) is 0 Å². The summed E-state index contributed by atoms with van der Waals surface area (Å²) in [5.41, 5.74) is 0.935. The second-order valence-electron chi connectivity index (χ2n) is 5.75. The Morgan fingerprint density at radius 1 is 1.14 bits per heavy atom. The third-order valence-electron chi connectivity index (χ3n) is 4.22. The van der Waals surface area contributed by atoms with Crippen LogP contribution in [-0.4, -0.2) is 42.8 Å². The van der Waals surface area contributed by atoms with Crippen molar-refractivity contribution in [2.45, 2.75) is 32.2 Å². The van der Waals surface area contributed by atoms with Crippen LogP contribution in [0.5, 0.6) is 0 Å². The smallest absolute Gasteiger partial charge is 0.160 e. The Bertz CT molecular complexity index is 771. The van der Waals surface area contributed by atoms with Crippen molar-refractivity contribution in [2.24, 2.45) is 0 Å². The Hall–Kier alpha value is -1.86. The summed E-state index contributed by atoms with van der Waals surface area (Å²) in [5.74, 6) is 1.59. The van der Waals surface area contributed by atoms with Crippen LogP contribution in [0.2, 0.25) is 0 Å². The van der Waals surface area contributed by atoms with Gasteiger partial charge in [0.25, 0.3) is 0 Å². The lowest BCUT2D eigenvalue weighted by Gasteiger charge is -2.30. The van der Waals surface area contributed by atoms with Gasteiger partial charge in [-0.2, -0.15) is 0 Å². The summed E-state index contributed by atoms with van der Waals surface area (Å²) >= 11 is 1.69. The first-order chi connectivity index (χ1) is 10.8. The molecule has 0 atom stereocenters. The zero-order valence-corrected chi connectivity index (χ0v) is 13.3. The number of pyridine rings is 1. The van der Waals surface area contributed by atoms with E-state index >= 15 is 0 Å². The standard InChI is InChI=1S/C15H18N6S/c1-11-16-18-14(22-11)10-20-8-5-12(6-9-20)15-19-17-13-4-2-3-7-21(13)15/h2-4,7,12H,5-6,8-10H2,1H3. The van der Waals surface area contributed by atoms with Crippen molar-refractivity contribution in [1.29, 1.82) is 0 Å². The topological polar surface area (TPSA) is 59.2 Å². The lowest BCUT2D eigenvalue weighted by atomic mass is 9.96. The summed E-state index contributed by atoms with van der Waals surface area (Å²) in [5, 5.41) is 19.1. The third-order valence-corrected chi connectivity index (χ3v) is 5.04. The highest BCUT2D eigenvalue weighted by atomic mass is 32.1. The molecule has 114 valence electrons. The molecule has 0 aromatic carbocycles. The van der Waals surface area contributed by atoms with Crippen molar-refractivity contribution < 1.29 is 0 Å². The van der Waals surface area contributed by atoms with Crippen molar-refractivity contribution in [2.75, 3.05) is 13.1 Å². The first-order valence-corrected chi connectivity index (χ1v) is 8.42. The van der Waals surface area contributed by atoms with Crippen LogP contribution in [0.4, 0.5) is 0 Å². The number of aromatic nitrogens is 5. The predicted octanol–water partition coefficient (Wildman–Crippen LogP) is 2.27. The van der Waals surface area contributed by atoms with Crippen molar-refractivity contribution in [3.63, 3.8) is 0 Å². The lowest BCUT2D eigenvalue weighted by molar-refractivity contribution is 0.200. The Morgan fingerprint density at radius 3 is 2.77 bits per heavy atom. The summed E-state index contributed by atoms with van der Waals surface area (Å²) in [6, 6.07) is 6.04. The van der Waals surface area contributed by atoms with Gasteiger partial charge in [0.2, 0.25) is 0 Å². The average molecular weight is 314 g/mol. The molecule has 3 aromatic rings. The van der Waals surface area contributed by atoms with Crippen molar-refractivity contribution in [3.8, 4) is 0 Å². The highest BCUT2D eigenvalue weighted by Crippen LogP contribution is 2.28. The first kappa shape index (κ1) is 13.8. The number of aryl methyl sites for hydroxylation is 1. The van der Waals surface area contributed by atoms with Gasteiger partial charge in [0.15, 0.2) is 5.65 Å². The van der Waals surface area contributed by atoms with Crippen LogP contribution >= 0.6 is 11.3 Å². The maximum absolute atomic E-state index is 4.41. The average Bonchev–Trinajstić information content (AvgIpc) is 3.14. The monoisotopic (exact) mass is 314 g/mol. The van der Waals surface area contributed by atoms with Crippen LogP contribution in [0.25, 0.3) is 5.65 Å². The minimum absolute atomic E-state index is 0.491. The van der Waals surface area contributed by atoms with Gasteiger partial charge in [-0.15, -0.1) is 31.7 Å². The molecule has 1 aliphatic heterocycles. The molecular weight excluding hydrogens is 296 g/mol. The fourth-order valence-electron chi connectivity index (χ4n) is 3.08. The normalized spacial score (nSPS) is 17.3. The predicted molar refractivity (Wildman–Crippen MR) is 84.9 cm³/mol. The number of rotatable bonds is 3. The molecule has 0 amide bonds. The molecule has 0 unspecified atom stereocenters. The van der Waals surface area contributed by atoms with Crippen molar-refractivity contribution in [3.05, 3.63) is 40.2 Å². The number of nitrogens with zero attached hydrogens (tertiary/aromatic N) is 6. The van der Waals surface area contributed by atoms with E-state index in [1.54, 1.807) is 11.3 Å². The molecule has 3 aromatic heterocycles. The zero-order chi connectivity index (χ0) is 14.9. The van der Waals surface area contributed by atoms with Crippen LogP contribution in [0, 0.1) is 6.92 Å². The summed E-state index contributed by atoms with van der Waals surface area (Å²) in [6.07, 6.45) is 4.29. The van der Waals surface area contributed by atoms with Crippen molar-refractivity contribution in [1.82, 2.24) is 29.7 Å². The lowest BCUT2D eigenvalue weighted by Crippen LogP contribution is -2.33. The largest absolute Gasteiger partial charge is 0.297 e. The van der Waals surface area contributed by atoms with Gasteiger partial charge in [0.05, 0.1) is 6.54 Å². The second-order valence-corrected chi connectivity index (χ2v) is 7.02. The van der Waals surface area contributed by atoms with Gasteiger partial charge in [0, 0.05) is 12.1 Å². The van der Waals surface area contributed by atoms with E-state index in [0.717, 1.165) is 54.0 Å². The Balaban J connectivity index is 1.43. The fraction of sp³-hybridized carbons (Fsp3) is 0.467. The van der Waals surface area contributed by atoms with Crippen LogP contribution in [-0.2, 0) is 6.54 Å². The number of fused-ring (bicyclic) bond motifs is 1. The molecule has 0 spiro atoms. The zero-order valence-electron chi connectivity index (χ0n) is 12.5. The Labute approximate surface area is 132 Å². The van der Waals surface area contributed by atoms with E-state index in [4.69, 9.17) is 0 Å². The molecule has 0 aliphatic carbocycles. The maximum atomic E-state index is 4.41. The number of likely N-dealkylation sites (tertiary alicyclic amines) is 1. The molecule has 7 heteroatoms. The van der Waals surface area contributed by atoms with Gasteiger partial charge in [-0.1, -0.05) is 6.07 Å². The van der Waals surface area contributed by atoms with E-state index in [1.807, 2.05) is 25.1 Å². The highest BCUT2D eigenvalue weighted by Gasteiger charge is 2.24. The van der Waals surface area contributed by atoms with Gasteiger partial charge in [-0.05, 0) is 45.0 Å². The van der Waals surface area contributed by atoms with Gasteiger partial charge in [0.1, 0.15) is 15.8 Å². The summed E-state index contributed by atoms with van der Waals surface area (Å²) in [4.78, 5) is 2.46. The number of hydrogen-bond acceptors (Lipinski definition) is 6. The molecule has 22 heavy (non-hydrogen) atoms. The molecule has 0 bridgehead atoms. The summed E-state index contributed by atoms with van der Waals surface area (Å²) in [6.45, 7) is 5.07. The molecule has 1 aliphatic rings. The molecule has 6 nitrogen and oxygen atoms in total. The number of piperidine rings is 1. The highest BCUT2D eigenvalue weighted by molar-refractivity contribution is 7.11. The van der Waals surface area contributed by atoms with E-state index < -0.39 is 0 Å². The molecule has 4 rings (SSSR count). The SMILES string of the molecule is Cc1nnc(CN2CCC(c3nnc4ccccn34)CC2)s1. The van der Waals surface area contributed by atoms with Crippen molar-refractivity contribution >= 4 is 17.0 Å². The first-order valence-electron chi connectivity index (χ1n) is 7.60. The maximum Gasteiger partial charge on any atom is 0.160 e. The third kappa shape index (κ3) is 2.62. The summed E-state index contributed by atoms with van der Waals surface area (Å²) in [7, 11) is 0. The molecule has 0 radical (unpaired) electrons. The van der Waals surface area contributed by atoms with Gasteiger partial charge in [-0.3, -0.25) is 9.30 Å². The van der Waals surface area contributed by atoms with Gasteiger partial charge in [-0.25, -0.2) is 0 Å². The minimum Gasteiger partial charge on any atom is -0.297 e. The van der Waals surface area contributed by atoms with E-state index in [9.17, 15) is 0 Å². The molecule has 1 saturated heterocycles. The molecule has 0 saturated carbocycles. The Kier molecular flexibility index (Phi) is 3.59. The molecule has 4 heterocycles. The molecule has 0 N–H and O–H groups in total. The second kappa shape index (κ2) is 5.73. The van der Waals surface area contributed by atoms with Gasteiger partial charge >= 0.3 is 0 Å². The van der Waals surface area contributed by atoms with Crippen LogP contribution in [0.15, 0.2) is 24.4 Å². The van der Waals surface area contributed by atoms with E-state index in [0.29, 0.717) is 5.92 Å². The van der Waals surface area contributed by atoms with Crippen LogP contribution in [0.3, 0.4) is 0 Å². The summed E-state index contributed by atoms with van der Waals surface area (Å²) < 4.78 is 2.12. The molecule has 1 fully saturated rings. The Morgan fingerprint density at radius 2 is 2.00 bits per heavy atom. The number of hydrogen-bond donors (Lipinski definition) is 0. The van der Waals surface area contributed by atoms with Gasteiger partial charge < -0.3 is 0 Å². The molecular formula is C15H18N6S. The quantitative estimate of drug-likeness (QED) is 0.742. The minimum atomic E-state index is 0.491.